The average molecular weight is 571 g/mol. The number of halogens is 2. The lowest BCUT2D eigenvalue weighted by Crippen LogP contribution is -2.44. The molecule has 0 radical (unpaired) electrons. The summed E-state index contributed by atoms with van der Waals surface area (Å²) in [6, 6.07) is 9.51. The predicted octanol–water partition coefficient (Wildman–Crippen LogP) is 6.07. The summed E-state index contributed by atoms with van der Waals surface area (Å²) < 4.78 is 17.3. The standard InChI is InChI=1S/C29H33Cl2N5O3/c1-35-8-10-36(11-9-35)7-4-12-39-27-15-23-19(13-26(27)38-3)29(20(17-32)28(33-23)18-5-6-18)34-24-16-25(37-2)22(31)14-21(24)30/h13-16,18H,4-12H2,1-3H3,(H,33,34). The first-order valence-electron chi connectivity index (χ1n) is 13.2. The molecule has 3 aromatic rings. The molecule has 2 heterocycles. The summed E-state index contributed by atoms with van der Waals surface area (Å²) in [5, 5.41) is 15.1. The molecule has 2 aliphatic rings. The number of nitrogens with zero attached hydrogens (tertiary/aromatic N) is 4. The highest BCUT2D eigenvalue weighted by atomic mass is 35.5. The molecule has 10 heteroatoms. The number of aromatic nitrogens is 1. The van der Waals surface area contributed by atoms with E-state index in [1.54, 1.807) is 26.4 Å². The summed E-state index contributed by atoms with van der Waals surface area (Å²) in [6.07, 6.45) is 2.94. The van der Waals surface area contributed by atoms with E-state index in [-0.39, 0.29) is 5.92 Å². The van der Waals surface area contributed by atoms with Gasteiger partial charge in [0.15, 0.2) is 11.5 Å². The number of pyridine rings is 1. The zero-order valence-corrected chi connectivity index (χ0v) is 24.0. The molecular formula is C29H33Cl2N5O3. The third-order valence-corrected chi connectivity index (χ3v) is 7.96. The summed E-state index contributed by atoms with van der Waals surface area (Å²) >= 11 is 12.8. The maximum absolute atomic E-state index is 10.2. The number of hydrogen-bond acceptors (Lipinski definition) is 8. The monoisotopic (exact) mass is 569 g/mol. The van der Waals surface area contributed by atoms with Crippen molar-refractivity contribution < 1.29 is 14.2 Å². The third-order valence-electron chi connectivity index (χ3n) is 7.35. The van der Waals surface area contributed by atoms with E-state index in [1.165, 1.54) is 0 Å². The second kappa shape index (κ2) is 12.1. The predicted molar refractivity (Wildman–Crippen MR) is 155 cm³/mol. The molecule has 1 saturated heterocycles. The zero-order valence-electron chi connectivity index (χ0n) is 22.5. The van der Waals surface area contributed by atoms with Gasteiger partial charge in [0, 0.05) is 56.2 Å². The summed E-state index contributed by atoms with van der Waals surface area (Å²) in [4.78, 5) is 9.77. The number of ether oxygens (including phenoxy) is 3. The van der Waals surface area contributed by atoms with Crippen molar-refractivity contribution in [3.05, 3.63) is 45.6 Å². The minimum atomic E-state index is 0.259. The lowest BCUT2D eigenvalue weighted by atomic mass is 10.0. The molecule has 0 amide bonds. The van der Waals surface area contributed by atoms with E-state index in [1.807, 2.05) is 12.1 Å². The van der Waals surface area contributed by atoms with Crippen LogP contribution < -0.4 is 19.5 Å². The van der Waals surface area contributed by atoms with Crippen LogP contribution in [0.25, 0.3) is 10.9 Å². The van der Waals surface area contributed by atoms with E-state index in [4.69, 9.17) is 42.4 Å². The van der Waals surface area contributed by atoms with Crippen LogP contribution in [0, 0.1) is 11.3 Å². The molecule has 39 heavy (non-hydrogen) atoms. The second-order valence-corrected chi connectivity index (χ2v) is 10.9. The van der Waals surface area contributed by atoms with Gasteiger partial charge in [0.25, 0.3) is 0 Å². The number of likely N-dealkylation sites (N-methyl/N-ethyl adjacent to an activating group) is 1. The van der Waals surface area contributed by atoms with Gasteiger partial charge in [-0.2, -0.15) is 5.26 Å². The number of hydrogen-bond donors (Lipinski definition) is 1. The van der Waals surface area contributed by atoms with Gasteiger partial charge in [0.1, 0.15) is 11.8 Å². The molecule has 0 spiro atoms. The van der Waals surface area contributed by atoms with Crippen LogP contribution in [0.1, 0.15) is 36.4 Å². The van der Waals surface area contributed by atoms with Gasteiger partial charge >= 0.3 is 0 Å². The zero-order chi connectivity index (χ0) is 27.5. The van der Waals surface area contributed by atoms with Gasteiger partial charge < -0.3 is 29.3 Å². The fraction of sp³-hybridized carbons (Fsp3) is 0.448. The molecule has 0 unspecified atom stereocenters. The first-order valence-corrected chi connectivity index (χ1v) is 14.0. The van der Waals surface area contributed by atoms with Gasteiger partial charge in [-0.25, -0.2) is 0 Å². The number of benzene rings is 2. The first-order chi connectivity index (χ1) is 18.9. The van der Waals surface area contributed by atoms with Crippen LogP contribution in [-0.4, -0.2) is 75.4 Å². The topological polar surface area (TPSA) is 82.9 Å². The normalized spacial score (nSPS) is 16.2. The van der Waals surface area contributed by atoms with Gasteiger partial charge in [-0.15, -0.1) is 0 Å². The molecule has 1 aliphatic carbocycles. The third kappa shape index (κ3) is 6.12. The molecule has 206 valence electrons. The van der Waals surface area contributed by atoms with Crippen molar-refractivity contribution in [2.24, 2.45) is 0 Å². The van der Waals surface area contributed by atoms with E-state index in [9.17, 15) is 5.26 Å². The SMILES string of the molecule is COc1cc(Nc2c(C#N)c(C3CC3)nc3cc(OCCCN4CCN(C)CC4)c(OC)cc23)c(Cl)cc1Cl. The van der Waals surface area contributed by atoms with Gasteiger partial charge in [-0.05, 0) is 38.4 Å². The Morgan fingerprint density at radius 2 is 1.74 bits per heavy atom. The molecule has 1 aromatic heterocycles. The van der Waals surface area contributed by atoms with Crippen LogP contribution >= 0.6 is 23.2 Å². The summed E-state index contributed by atoms with van der Waals surface area (Å²) in [6.45, 7) is 5.95. The van der Waals surface area contributed by atoms with E-state index < -0.39 is 0 Å². The molecular weight excluding hydrogens is 537 g/mol. The second-order valence-electron chi connectivity index (χ2n) is 10.1. The summed E-state index contributed by atoms with van der Waals surface area (Å²) in [7, 11) is 5.32. The number of rotatable bonds is 10. The highest BCUT2D eigenvalue weighted by Gasteiger charge is 2.31. The number of methoxy groups -OCH3 is 2. The minimum Gasteiger partial charge on any atom is -0.495 e. The molecule has 1 aliphatic heterocycles. The fourth-order valence-corrected chi connectivity index (χ4v) is 5.42. The average Bonchev–Trinajstić information content (AvgIpc) is 3.78. The Morgan fingerprint density at radius 1 is 1.00 bits per heavy atom. The van der Waals surface area contributed by atoms with Crippen LogP contribution in [0.5, 0.6) is 17.2 Å². The molecule has 2 aromatic carbocycles. The smallest absolute Gasteiger partial charge is 0.163 e. The Morgan fingerprint density at radius 3 is 2.41 bits per heavy atom. The van der Waals surface area contributed by atoms with Crippen LogP contribution in [-0.2, 0) is 0 Å². The molecule has 1 saturated carbocycles. The van der Waals surface area contributed by atoms with Crippen LogP contribution in [0.4, 0.5) is 11.4 Å². The first kappa shape index (κ1) is 27.6. The quantitative estimate of drug-likeness (QED) is 0.294. The minimum absolute atomic E-state index is 0.259. The lowest BCUT2D eigenvalue weighted by molar-refractivity contribution is 0.145. The molecule has 5 rings (SSSR count). The number of nitriles is 1. The lowest BCUT2D eigenvalue weighted by Gasteiger charge is -2.32. The van der Waals surface area contributed by atoms with Crippen molar-refractivity contribution in [1.82, 2.24) is 14.8 Å². The van der Waals surface area contributed by atoms with Crippen LogP contribution in [0.3, 0.4) is 0 Å². The van der Waals surface area contributed by atoms with Crippen molar-refractivity contribution in [2.45, 2.75) is 25.2 Å². The van der Waals surface area contributed by atoms with Gasteiger partial charge in [0.05, 0.1) is 59.0 Å². The Labute approximate surface area is 239 Å². The Bertz CT molecular complexity index is 1400. The summed E-state index contributed by atoms with van der Waals surface area (Å²) in [5.41, 5.74) is 3.21. The van der Waals surface area contributed by atoms with Gasteiger partial charge in [0.2, 0.25) is 0 Å². The van der Waals surface area contributed by atoms with Crippen LogP contribution in [0.2, 0.25) is 10.0 Å². The molecule has 2 fully saturated rings. The van der Waals surface area contributed by atoms with Gasteiger partial charge in [-0.1, -0.05) is 23.2 Å². The maximum atomic E-state index is 10.2. The van der Waals surface area contributed by atoms with Crippen molar-refractivity contribution in [1.29, 1.82) is 5.26 Å². The van der Waals surface area contributed by atoms with Crippen LogP contribution in [0.15, 0.2) is 24.3 Å². The molecule has 0 atom stereocenters. The van der Waals surface area contributed by atoms with Crippen molar-refractivity contribution >= 4 is 45.5 Å². The largest absolute Gasteiger partial charge is 0.495 e. The maximum Gasteiger partial charge on any atom is 0.163 e. The number of anilines is 2. The van der Waals surface area contributed by atoms with Crippen molar-refractivity contribution in [3.8, 4) is 23.3 Å². The highest BCUT2D eigenvalue weighted by Crippen LogP contribution is 2.46. The van der Waals surface area contributed by atoms with Crippen molar-refractivity contribution in [2.75, 3.05) is 65.9 Å². The van der Waals surface area contributed by atoms with E-state index in [0.29, 0.717) is 50.8 Å². The van der Waals surface area contributed by atoms with Gasteiger partial charge in [-0.3, -0.25) is 4.98 Å². The number of fused-ring (bicyclic) bond motifs is 1. The fourth-order valence-electron chi connectivity index (χ4n) is 4.92. The Balaban J connectivity index is 1.46. The molecule has 1 N–H and O–H groups in total. The molecule has 8 nitrogen and oxygen atoms in total. The van der Waals surface area contributed by atoms with E-state index in [0.717, 1.165) is 68.6 Å². The molecule has 0 bridgehead atoms. The van der Waals surface area contributed by atoms with E-state index in [2.05, 4.69) is 28.2 Å². The highest BCUT2D eigenvalue weighted by molar-refractivity contribution is 6.37. The van der Waals surface area contributed by atoms with Crippen molar-refractivity contribution in [3.63, 3.8) is 0 Å². The van der Waals surface area contributed by atoms with E-state index >= 15 is 0 Å². The summed E-state index contributed by atoms with van der Waals surface area (Å²) in [5.74, 6) is 1.96. The number of nitrogens with one attached hydrogen (secondary N) is 1. The Kier molecular flexibility index (Phi) is 8.53. The number of piperazine rings is 1. The Hall–Kier alpha value is -2.96.